The lowest BCUT2D eigenvalue weighted by atomic mass is 10.1. The summed E-state index contributed by atoms with van der Waals surface area (Å²) < 4.78 is 12.0. The van der Waals surface area contributed by atoms with Crippen LogP contribution in [-0.2, 0) is 4.57 Å². The first-order valence-electron chi connectivity index (χ1n) is 10.4. The first kappa shape index (κ1) is 26.6. The molecule has 0 aliphatic carbocycles. The normalized spacial score (nSPS) is 15.7. The van der Waals surface area contributed by atoms with Gasteiger partial charge in [0.15, 0.2) is 0 Å². The zero-order chi connectivity index (χ0) is 20.8. The predicted molar refractivity (Wildman–Crippen MR) is 115 cm³/mol. The molecule has 160 valence electrons. The van der Waals surface area contributed by atoms with Crippen molar-refractivity contribution in [1.29, 1.82) is 0 Å². The standard InChI is InChI=1S/C21H42NO4P/c1-5-6-7-8-9-10-11-12-13-14-15-16-17-18-19-21(23,27(24,25)26)20-22(2,3)4/h8-9,15-16,23H,5-7,10-14,17-20H2,1-4H3,(H-,24,25,26)/p+1/b9-8-,16-15-. The van der Waals surface area contributed by atoms with Crippen molar-refractivity contribution >= 4 is 7.60 Å². The molecule has 0 fully saturated rings. The van der Waals surface area contributed by atoms with Crippen molar-refractivity contribution in [3.05, 3.63) is 24.3 Å². The van der Waals surface area contributed by atoms with Crippen molar-refractivity contribution in [2.45, 2.75) is 82.9 Å². The molecule has 1 unspecified atom stereocenters. The lowest BCUT2D eigenvalue weighted by Crippen LogP contribution is -2.49. The van der Waals surface area contributed by atoms with Crippen LogP contribution in [0.3, 0.4) is 0 Å². The quantitative estimate of drug-likeness (QED) is 0.147. The van der Waals surface area contributed by atoms with E-state index in [0.717, 1.165) is 12.8 Å². The van der Waals surface area contributed by atoms with E-state index >= 15 is 0 Å². The molecule has 3 N–H and O–H groups in total. The number of hydrogen-bond donors (Lipinski definition) is 3. The van der Waals surface area contributed by atoms with Gasteiger partial charge in [-0.25, -0.2) is 0 Å². The molecular weight excluding hydrogens is 361 g/mol. The molecule has 0 saturated carbocycles. The number of unbranched alkanes of at least 4 members (excludes halogenated alkanes) is 7. The van der Waals surface area contributed by atoms with Gasteiger partial charge in [0.2, 0.25) is 5.34 Å². The predicted octanol–water partition coefficient (Wildman–Crippen LogP) is 4.98. The van der Waals surface area contributed by atoms with Gasteiger partial charge in [-0.15, -0.1) is 0 Å². The summed E-state index contributed by atoms with van der Waals surface area (Å²) >= 11 is 0. The fourth-order valence-corrected chi connectivity index (χ4v) is 4.13. The molecule has 0 aromatic carbocycles. The number of likely N-dealkylation sites (N-methyl/N-ethyl adjacent to an activating group) is 1. The Bertz CT molecular complexity index is 479. The summed E-state index contributed by atoms with van der Waals surface area (Å²) in [5, 5.41) is 8.53. The number of quaternary nitrogens is 1. The summed E-state index contributed by atoms with van der Waals surface area (Å²) in [4.78, 5) is 19.1. The number of hydrogen-bond acceptors (Lipinski definition) is 2. The van der Waals surface area contributed by atoms with Crippen molar-refractivity contribution < 1.29 is 23.9 Å². The molecule has 0 aromatic heterocycles. The van der Waals surface area contributed by atoms with Gasteiger partial charge in [0, 0.05) is 0 Å². The van der Waals surface area contributed by atoms with E-state index < -0.39 is 12.9 Å². The average molecular weight is 405 g/mol. The van der Waals surface area contributed by atoms with E-state index in [9.17, 15) is 19.5 Å². The second-order valence-electron chi connectivity index (χ2n) is 8.59. The van der Waals surface area contributed by atoms with E-state index in [1.165, 1.54) is 44.9 Å². The van der Waals surface area contributed by atoms with Crippen LogP contribution in [0, 0.1) is 0 Å². The van der Waals surface area contributed by atoms with Gasteiger partial charge >= 0.3 is 7.60 Å². The molecule has 27 heavy (non-hydrogen) atoms. The van der Waals surface area contributed by atoms with Crippen LogP contribution in [0.5, 0.6) is 0 Å². The van der Waals surface area contributed by atoms with E-state index in [0.29, 0.717) is 10.9 Å². The first-order valence-corrected chi connectivity index (χ1v) is 12.0. The third kappa shape index (κ3) is 14.2. The second-order valence-corrected chi connectivity index (χ2v) is 10.5. The summed E-state index contributed by atoms with van der Waals surface area (Å²) in [7, 11) is 0.903. The molecule has 0 heterocycles. The van der Waals surface area contributed by atoms with Gasteiger partial charge in [-0.05, 0) is 51.4 Å². The molecule has 0 amide bonds. The van der Waals surface area contributed by atoms with Crippen LogP contribution in [0.4, 0.5) is 0 Å². The molecule has 6 heteroatoms. The molecule has 0 radical (unpaired) electrons. The highest BCUT2D eigenvalue weighted by Gasteiger charge is 2.48. The Balaban J connectivity index is 3.92. The summed E-state index contributed by atoms with van der Waals surface area (Å²) in [6, 6.07) is 0. The van der Waals surface area contributed by atoms with Crippen LogP contribution < -0.4 is 0 Å². The molecule has 0 aliphatic rings. The van der Waals surface area contributed by atoms with Gasteiger partial charge < -0.3 is 19.4 Å². The summed E-state index contributed by atoms with van der Waals surface area (Å²) in [6.07, 6.45) is 19.8. The number of allylic oxidation sites excluding steroid dienone is 4. The maximum atomic E-state index is 11.7. The molecular formula is C21H43NO4P+. The Morgan fingerprint density at radius 1 is 0.815 bits per heavy atom. The minimum atomic E-state index is -4.56. The topological polar surface area (TPSA) is 77.8 Å². The second kappa shape index (κ2) is 13.7. The van der Waals surface area contributed by atoms with Crippen LogP contribution in [0.15, 0.2) is 24.3 Å². The van der Waals surface area contributed by atoms with Gasteiger partial charge in [0.1, 0.15) is 6.54 Å². The van der Waals surface area contributed by atoms with Crippen LogP contribution >= 0.6 is 7.60 Å². The Labute approximate surface area is 166 Å². The minimum Gasteiger partial charge on any atom is -0.373 e. The SMILES string of the molecule is CCCC/C=C\CCCCC/C=C\CCCC(O)(C[N+](C)(C)C)P(=O)(O)O. The lowest BCUT2D eigenvalue weighted by Gasteiger charge is -2.35. The monoisotopic (exact) mass is 404 g/mol. The maximum absolute atomic E-state index is 11.7. The van der Waals surface area contributed by atoms with Crippen LogP contribution in [-0.4, -0.2) is 52.4 Å². The highest BCUT2D eigenvalue weighted by Crippen LogP contribution is 2.52. The number of rotatable bonds is 16. The molecule has 0 aliphatic heterocycles. The molecule has 0 spiro atoms. The summed E-state index contributed by atoms with van der Waals surface area (Å²) in [5.74, 6) is 0. The van der Waals surface area contributed by atoms with Crippen LogP contribution in [0.25, 0.3) is 0 Å². The average Bonchev–Trinajstić information content (AvgIpc) is 2.52. The molecule has 0 aromatic rings. The van der Waals surface area contributed by atoms with Gasteiger partial charge in [-0.3, -0.25) is 4.57 Å². The first-order chi connectivity index (χ1) is 12.5. The third-order valence-corrected chi connectivity index (χ3v) is 5.97. The molecule has 0 bridgehead atoms. The summed E-state index contributed by atoms with van der Waals surface area (Å²) in [6.45, 7) is 2.25. The van der Waals surface area contributed by atoms with Crippen molar-refractivity contribution in [3.63, 3.8) is 0 Å². The Hall–Kier alpha value is -0.450. The van der Waals surface area contributed by atoms with Gasteiger partial charge in [0.25, 0.3) is 0 Å². The van der Waals surface area contributed by atoms with Crippen molar-refractivity contribution in [3.8, 4) is 0 Å². The maximum Gasteiger partial charge on any atom is 0.362 e. The minimum absolute atomic E-state index is 0.0356. The van der Waals surface area contributed by atoms with Gasteiger partial charge in [0.05, 0.1) is 21.1 Å². The van der Waals surface area contributed by atoms with E-state index in [1.54, 1.807) is 0 Å². The third-order valence-electron chi connectivity index (χ3n) is 4.52. The zero-order valence-corrected chi connectivity index (χ0v) is 18.8. The zero-order valence-electron chi connectivity index (χ0n) is 17.9. The van der Waals surface area contributed by atoms with Crippen molar-refractivity contribution in [2.24, 2.45) is 0 Å². The molecule has 0 saturated heterocycles. The van der Waals surface area contributed by atoms with Crippen LogP contribution in [0.1, 0.15) is 77.6 Å². The van der Waals surface area contributed by atoms with E-state index in [-0.39, 0.29) is 13.0 Å². The van der Waals surface area contributed by atoms with Gasteiger partial charge in [-0.1, -0.05) is 50.5 Å². The number of aliphatic hydroxyl groups is 1. The van der Waals surface area contributed by atoms with Gasteiger partial charge in [-0.2, -0.15) is 0 Å². The lowest BCUT2D eigenvalue weighted by molar-refractivity contribution is -0.875. The fourth-order valence-electron chi connectivity index (χ4n) is 3.07. The number of nitrogens with zero attached hydrogens (tertiary/aromatic N) is 1. The Morgan fingerprint density at radius 3 is 1.67 bits per heavy atom. The molecule has 1 atom stereocenters. The van der Waals surface area contributed by atoms with Crippen LogP contribution in [0.2, 0.25) is 0 Å². The van der Waals surface area contributed by atoms with E-state index in [1.807, 2.05) is 21.1 Å². The van der Waals surface area contributed by atoms with E-state index in [2.05, 4.69) is 31.2 Å². The Kier molecular flexibility index (Phi) is 13.5. The summed E-state index contributed by atoms with van der Waals surface area (Å²) in [5.41, 5.74) is 0. The van der Waals surface area contributed by atoms with Crippen molar-refractivity contribution in [2.75, 3.05) is 27.7 Å². The van der Waals surface area contributed by atoms with Crippen molar-refractivity contribution in [1.82, 2.24) is 0 Å². The highest BCUT2D eigenvalue weighted by molar-refractivity contribution is 7.53. The molecule has 0 rings (SSSR count). The fraction of sp³-hybridized carbons (Fsp3) is 0.810. The van der Waals surface area contributed by atoms with E-state index in [4.69, 9.17) is 0 Å². The highest BCUT2D eigenvalue weighted by atomic mass is 31.2. The smallest absolute Gasteiger partial charge is 0.362 e. The largest absolute Gasteiger partial charge is 0.373 e. The Morgan fingerprint density at radius 2 is 1.26 bits per heavy atom. The molecule has 5 nitrogen and oxygen atoms in total.